The van der Waals surface area contributed by atoms with Gasteiger partial charge in [-0.2, -0.15) is 4.31 Å². The summed E-state index contributed by atoms with van der Waals surface area (Å²) in [5.41, 5.74) is 0.128. The Morgan fingerprint density at radius 1 is 1.14 bits per heavy atom. The maximum atomic E-state index is 12.8. The van der Waals surface area contributed by atoms with Crippen molar-refractivity contribution >= 4 is 45.6 Å². The predicted octanol–water partition coefficient (Wildman–Crippen LogP) is 3.18. The van der Waals surface area contributed by atoms with Crippen LogP contribution in [0.2, 0.25) is 10.0 Å². The van der Waals surface area contributed by atoms with E-state index in [1.165, 1.54) is 12.1 Å². The molecule has 0 saturated carbocycles. The van der Waals surface area contributed by atoms with Crippen molar-refractivity contribution in [1.29, 1.82) is 0 Å². The Labute approximate surface area is 147 Å². The number of benzene rings is 1. The molecule has 1 N–H and O–H groups in total. The molecule has 0 radical (unpaired) electrons. The van der Waals surface area contributed by atoms with E-state index in [-0.39, 0.29) is 27.7 Å². The standard InChI is InChI=1S/C14H18Cl2N2O2S.ClH/c15-11-1-2-12(16)13(9-11)21(19,20)18-8-5-14(10-18)3-6-17-7-4-14;/h1-2,9,17H,3-8,10H2;1H. The highest BCUT2D eigenvalue weighted by Crippen LogP contribution is 2.41. The number of nitrogens with zero attached hydrogens (tertiary/aromatic N) is 1. The third-order valence-electron chi connectivity index (χ3n) is 4.58. The summed E-state index contributed by atoms with van der Waals surface area (Å²) in [6, 6.07) is 4.57. The second-order valence-corrected chi connectivity index (χ2v) is 8.66. The molecular formula is C14H19Cl3N2O2S. The maximum absolute atomic E-state index is 12.8. The minimum absolute atomic E-state index is 0. The van der Waals surface area contributed by atoms with Crippen molar-refractivity contribution in [3.05, 3.63) is 28.2 Å². The van der Waals surface area contributed by atoms with E-state index in [4.69, 9.17) is 23.2 Å². The van der Waals surface area contributed by atoms with Gasteiger partial charge in [-0.25, -0.2) is 8.42 Å². The van der Waals surface area contributed by atoms with E-state index in [2.05, 4.69) is 5.32 Å². The van der Waals surface area contributed by atoms with Crippen molar-refractivity contribution in [3.8, 4) is 0 Å². The van der Waals surface area contributed by atoms with Crippen LogP contribution in [0.15, 0.2) is 23.1 Å². The van der Waals surface area contributed by atoms with Gasteiger partial charge in [-0.05, 0) is 56.0 Å². The van der Waals surface area contributed by atoms with Crippen molar-refractivity contribution in [1.82, 2.24) is 9.62 Å². The van der Waals surface area contributed by atoms with Crippen LogP contribution in [0.3, 0.4) is 0 Å². The SMILES string of the molecule is Cl.O=S(=O)(c1cc(Cl)ccc1Cl)N1CCC2(CCNCC2)C1. The van der Waals surface area contributed by atoms with Crippen LogP contribution in [0, 0.1) is 5.41 Å². The Kier molecular flexibility index (Phi) is 5.68. The summed E-state index contributed by atoms with van der Waals surface area (Å²) in [7, 11) is -3.57. The quantitative estimate of drug-likeness (QED) is 0.850. The van der Waals surface area contributed by atoms with Crippen molar-refractivity contribution in [3.63, 3.8) is 0 Å². The molecule has 0 bridgehead atoms. The van der Waals surface area contributed by atoms with Crippen LogP contribution >= 0.6 is 35.6 Å². The monoisotopic (exact) mass is 384 g/mol. The average Bonchev–Trinajstić information content (AvgIpc) is 2.87. The molecule has 0 amide bonds. The maximum Gasteiger partial charge on any atom is 0.244 e. The van der Waals surface area contributed by atoms with Crippen molar-refractivity contribution < 1.29 is 8.42 Å². The number of sulfonamides is 1. The van der Waals surface area contributed by atoms with Crippen molar-refractivity contribution in [2.45, 2.75) is 24.2 Å². The molecule has 2 saturated heterocycles. The average molecular weight is 386 g/mol. The molecule has 8 heteroatoms. The van der Waals surface area contributed by atoms with Gasteiger partial charge in [-0.15, -0.1) is 12.4 Å². The van der Waals surface area contributed by atoms with Gasteiger partial charge in [0.25, 0.3) is 0 Å². The zero-order valence-corrected chi connectivity index (χ0v) is 15.2. The summed E-state index contributed by atoms with van der Waals surface area (Å²) in [4.78, 5) is 0.114. The Morgan fingerprint density at radius 3 is 2.50 bits per heavy atom. The molecule has 0 aliphatic carbocycles. The molecule has 22 heavy (non-hydrogen) atoms. The second-order valence-electron chi connectivity index (χ2n) is 5.91. The first-order valence-electron chi connectivity index (χ1n) is 7.09. The summed E-state index contributed by atoms with van der Waals surface area (Å²) >= 11 is 12.0. The van der Waals surface area contributed by atoms with Crippen molar-refractivity contribution in [2.75, 3.05) is 26.2 Å². The van der Waals surface area contributed by atoms with Crippen LogP contribution < -0.4 is 5.32 Å². The molecule has 2 heterocycles. The van der Waals surface area contributed by atoms with E-state index in [9.17, 15) is 8.42 Å². The van der Waals surface area contributed by atoms with Gasteiger partial charge in [0.05, 0.1) is 5.02 Å². The Morgan fingerprint density at radius 2 is 1.82 bits per heavy atom. The van der Waals surface area contributed by atoms with Crippen LogP contribution in [0.4, 0.5) is 0 Å². The molecule has 2 aliphatic rings. The van der Waals surface area contributed by atoms with Gasteiger partial charge in [0, 0.05) is 18.1 Å². The van der Waals surface area contributed by atoms with Gasteiger partial charge in [-0.1, -0.05) is 23.2 Å². The molecule has 1 spiro atoms. The molecule has 3 rings (SSSR count). The summed E-state index contributed by atoms with van der Waals surface area (Å²) in [5, 5.41) is 3.94. The number of hydrogen-bond acceptors (Lipinski definition) is 3. The Bertz CT molecular complexity index is 645. The van der Waals surface area contributed by atoms with Gasteiger partial charge in [-0.3, -0.25) is 0 Å². The van der Waals surface area contributed by atoms with E-state index >= 15 is 0 Å². The van der Waals surface area contributed by atoms with Crippen LogP contribution in [0.1, 0.15) is 19.3 Å². The third kappa shape index (κ3) is 3.40. The highest BCUT2D eigenvalue weighted by Gasteiger charge is 2.43. The molecule has 2 aliphatic heterocycles. The molecule has 4 nitrogen and oxygen atoms in total. The lowest BCUT2D eigenvalue weighted by Crippen LogP contribution is -2.39. The van der Waals surface area contributed by atoms with Gasteiger partial charge in [0.1, 0.15) is 4.90 Å². The molecule has 0 unspecified atom stereocenters. The van der Waals surface area contributed by atoms with Gasteiger partial charge < -0.3 is 5.32 Å². The molecule has 124 valence electrons. The third-order valence-corrected chi connectivity index (χ3v) is 7.14. The number of hydrogen-bond donors (Lipinski definition) is 1. The summed E-state index contributed by atoms with van der Waals surface area (Å²) in [6.07, 6.45) is 2.98. The van der Waals surface area contributed by atoms with E-state index in [1.54, 1.807) is 10.4 Å². The fourth-order valence-corrected chi connectivity index (χ4v) is 5.57. The van der Waals surface area contributed by atoms with Gasteiger partial charge in [0.15, 0.2) is 0 Å². The highest BCUT2D eigenvalue weighted by atomic mass is 35.5. The largest absolute Gasteiger partial charge is 0.317 e. The van der Waals surface area contributed by atoms with Crippen molar-refractivity contribution in [2.24, 2.45) is 5.41 Å². The van der Waals surface area contributed by atoms with Crippen LogP contribution in [0.25, 0.3) is 0 Å². The minimum Gasteiger partial charge on any atom is -0.317 e. The first-order chi connectivity index (χ1) is 9.93. The minimum atomic E-state index is -3.57. The summed E-state index contributed by atoms with van der Waals surface area (Å²) in [5.74, 6) is 0. The molecule has 1 aromatic carbocycles. The lowest BCUT2D eigenvalue weighted by atomic mass is 9.78. The zero-order chi connectivity index (χ0) is 15.1. The van der Waals surface area contributed by atoms with Gasteiger partial charge >= 0.3 is 0 Å². The molecule has 0 atom stereocenters. The Hall–Kier alpha value is -0.0400. The number of piperidine rings is 1. The molecular weight excluding hydrogens is 367 g/mol. The normalized spacial score (nSPS) is 21.7. The molecule has 1 aromatic rings. The lowest BCUT2D eigenvalue weighted by molar-refractivity contribution is 0.218. The topological polar surface area (TPSA) is 49.4 Å². The van der Waals surface area contributed by atoms with Crippen LogP contribution in [-0.2, 0) is 10.0 Å². The number of halogens is 3. The molecule has 0 aromatic heterocycles. The van der Waals surface area contributed by atoms with Crippen LogP contribution in [-0.4, -0.2) is 38.9 Å². The predicted molar refractivity (Wildman–Crippen MR) is 91.6 cm³/mol. The van der Waals surface area contributed by atoms with Gasteiger partial charge in [0.2, 0.25) is 10.0 Å². The summed E-state index contributed by atoms with van der Waals surface area (Å²) < 4.78 is 27.2. The number of rotatable bonds is 2. The second kappa shape index (κ2) is 6.83. The van der Waals surface area contributed by atoms with E-state index in [1.807, 2.05) is 0 Å². The molecule has 2 fully saturated rings. The highest BCUT2D eigenvalue weighted by molar-refractivity contribution is 7.89. The van der Waals surface area contributed by atoms with E-state index < -0.39 is 10.0 Å². The Balaban J connectivity index is 0.00000176. The number of nitrogens with one attached hydrogen (secondary N) is 1. The smallest absolute Gasteiger partial charge is 0.244 e. The fraction of sp³-hybridized carbons (Fsp3) is 0.571. The zero-order valence-electron chi connectivity index (χ0n) is 12.0. The van der Waals surface area contributed by atoms with Crippen LogP contribution in [0.5, 0.6) is 0 Å². The lowest BCUT2D eigenvalue weighted by Gasteiger charge is -2.33. The van der Waals surface area contributed by atoms with E-state index in [0.717, 1.165) is 32.4 Å². The van der Waals surface area contributed by atoms with E-state index in [0.29, 0.717) is 18.1 Å². The first-order valence-corrected chi connectivity index (χ1v) is 9.29. The summed E-state index contributed by atoms with van der Waals surface area (Å²) in [6.45, 7) is 3.07. The first kappa shape index (κ1) is 18.3. The fourth-order valence-electron chi connectivity index (χ4n) is 3.28.